The SMILES string of the molecule is Cc1cc(CN2CCCC2)cc(C)c1Oc1ccc(S(=O)(=O)Nc2nccs2)cc1F. The molecule has 0 radical (unpaired) electrons. The van der Waals surface area contributed by atoms with Crippen LogP contribution in [0.4, 0.5) is 9.52 Å². The Kier molecular flexibility index (Phi) is 6.27. The van der Waals surface area contributed by atoms with Gasteiger partial charge in [0.05, 0.1) is 4.90 Å². The summed E-state index contributed by atoms with van der Waals surface area (Å²) in [5, 5.41) is 1.87. The van der Waals surface area contributed by atoms with Gasteiger partial charge in [-0.15, -0.1) is 11.3 Å². The molecule has 4 rings (SSSR count). The summed E-state index contributed by atoms with van der Waals surface area (Å²) in [6, 6.07) is 7.74. The number of thiazole rings is 1. The highest BCUT2D eigenvalue weighted by Gasteiger charge is 2.19. The summed E-state index contributed by atoms with van der Waals surface area (Å²) >= 11 is 1.14. The van der Waals surface area contributed by atoms with Gasteiger partial charge in [0.2, 0.25) is 0 Å². The first-order chi connectivity index (χ1) is 14.8. The van der Waals surface area contributed by atoms with Crippen LogP contribution in [0, 0.1) is 19.7 Å². The number of hydrogen-bond acceptors (Lipinski definition) is 6. The quantitative estimate of drug-likeness (QED) is 0.531. The molecule has 1 fully saturated rings. The maximum absolute atomic E-state index is 14.7. The molecule has 0 aliphatic carbocycles. The molecule has 1 N–H and O–H groups in total. The minimum atomic E-state index is -3.93. The van der Waals surface area contributed by atoms with Gasteiger partial charge in [0.1, 0.15) is 5.75 Å². The molecule has 1 aromatic heterocycles. The van der Waals surface area contributed by atoms with Gasteiger partial charge in [-0.1, -0.05) is 12.1 Å². The van der Waals surface area contributed by atoms with E-state index in [0.717, 1.165) is 48.2 Å². The maximum Gasteiger partial charge on any atom is 0.263 e. The molecule has 1 aliphatic heterocycles. The van der Waals surface area contributed by atoms with Crippen LogP contribution in [0.15, 0.2) is 46.8 Å². The number of halogens is 1. The molecule has 3 aromatic rings. The molecule has 164 valence electrons. The van der Waals surface area contributed by atoms with Crippen molar-refractivity contribution in [3.8, 4) is 11.5 Å². The molecular weight excluding hydrogens is 437 g/mol. The van der Waals surface area contributed by atoms with Gasteiger partial charge in [-0.2, -0.15) is 0 Å². The average molecular weight is 462 g/mol. The van der Waals surface area contributed by atoms with Gasteiger partial charge in [0.15, 0.2) is 16.7 Å². The Morgan fingerprint density at radius 2 is 1.87 bits per heavy atom. The number of hydrogen-bond donors (Lipinski definition) is 1. The lowest BCUT2D eigenvalue weighted by atomic mass is 10.1. The first kappa shape index (κ1) is 21.7. The number of aromatic nitrogens is 1. The van der Waals surface area contributed by atoms with Gasteiger partial charge in [-0.3, -0.25) is 9.62 Å². The zero-order valence-electron chi connectivity index (χ0n) is 17.4. The molecular formula is C22H24FN3O3S2. The summed E-state index contributed by atoms with van der Waals surface area (Å²) in [5.74, 6) is -0.186. The van der Waals surface area contributed by atoms with Crippen molar-refractivity contribution in [3.05, 3.63) is 64.4 Å². The second-order valence-corrected chi connectivity index (χ2v) is 10.3. The molecule has 0 saturated carbocycles. The lowest BCUT2D eigenvalue weighted by molar-refractivity contribution is 0.331. The summed E-state index contributed by atoms with van der Waals surface area (Å²) in [5.41, 5.74) is 3.03. The molecule has 9 heteroatoms. The van der Waals surface area contributed by atoms with E-state index in [9.17, 15) is 12.8 Å². The number of likely N-dealkylation sites (tertiary alicyclic amines) is 1. The summed E-state index contributed by atoms with van der Waals surface area (Å²) in [7, 11) is -3.93. The van der Waals surface area contributed by atoms with E-state index in [1.54, 1.807) is 5.38 Å². The van der Waals surface area contributed by atoms with Gasteiger partial charge in [-0.05, 0) is 74.7 Å². The molecule has 6 nitrogen and oxygen atoms in total. The van der Waals surface area contributed by atoms with Crippen molar-refractivity contribution in [1.82, 2.24) is 9.88 Å². The van der Waals surface area contributed by atoms with Gasteiger partial charge in [-0.25, -0.2) is 17.8 Å². The Morgan fingerprint density at radius 3 is 2.48 bits per heavy atom. The van der Waals surface area contributed by atoms with E-state index in [1.165, 1.54) is 36.7 Å². The second-order valence-electron chi connectivity index (χ2n) is 7.68. The summed E-state index contributed by atoms with van der Waals surface area (Å²) < 4.78 is 47.8. The van der Waals surface area contributed by atoms with Crippen LogP contribution in [0.1, 0.15) is 29.5 Å². The van der Waals surface area contributed by atoms with Crippen LogP contribution in [0.2, 0.25) is 0 Å². The van der Waals surface area contributed by atoms with Crippen molar-refractivity contribution >= 4 is 26.5 Å². The van der Waals surface area contributed by atoms with E-state index in [0.29, 0.717) is 5.75 Å². The van der Waals surface area contributed by atoms with Crippen molar-refractivity contribution < 1.29 is 17.5 Å². The van der Waals surface area contributed by atoms with Crippen molar-refractivity contribution in [3.63, 3.8) is 0 Å². The summed E-state index contributed by atoms with van der Waals surface area (Å²) in [6.45, 7) is 7.01. The minimum Gasteiger partial charge on any atom is -0.454 e. The number of ether oxygens (including phenoxy) is 1. The smallest absolute Gasteiger partial charge is 0.263 e. The predicted octanol–water partition coefficient (Wildman–Crippen LogP) is 5.09. The highest BCUT2D eigenvalue weighted by Crippen LogP contribution is 2.33. The third-order valence-electron chi connectivity index (χ3n) is 5.20. The number of nitrogens with one attached hydrogen (secondary N) is 1. The fourth-order valence-corrected chi connectivity index (χ4v) is 5.58. The molecule has 0 atom stereocenters. The largest absolute Gasteiger partial charge is 0.454 e. The van der Waals surface area contributed by atoms with Crippen LogP contribution in [0.5, 0.6) is 11.5 Å². The Labute approximate surface area is 185 Å². The highest BCUT2D eigenvalue weighted by atomic mass is 32.2. The Bertz CT molecular complexity index is 1150. The van der Waals surface area contributed by atoms with E-state index in [4.69, 9.17) is 4.74 Å². The van der Waals surface area contributed by atoms with Crippen LogP contribution < -0.4 is 9.46 Å². The number of sulfonamides is 1. The van der Waals surface area contributed by atoms with Crippen LogP contribution >= 0.6 is 11.3 Å². The van der Waals surface area contributed by atoms with E-state index in [1.807, 2.05) is 13.8 Å². The first-order valence-electron chi connectivity index (χ1n) is 10.0. The number of rotatable bonds is 7. The normalized spacial score (nSPS) is 14.7. The standard InChI is InChI=1S/C22H24FN3O3S2/c1-15-11-17(14-26-8-3-4-9-26)12-16(2)21(15)29-20-6-5-18(13-19(20)23)31(27,28)25-22-24-7-10-30-22/h5-7,10-13H,3-4,8-9,14H2,1-2H3,(H,24,25). The Morgan fingerprint density at radius 1 is 1.16 bits per heavy atom. The molecule has 2 aromatic carbocycles. The zero-order valence-corrected chi connectivity index (χ0v) is 19.0. The van der Waals surface area contributed by atoms with Crippen molar-refractivity contribution in [2.75, 3.05) is 17.8 Å². The second kappa shape index (κ2) is 8.94. The first-order valence-corrected chi connectivity index (χ1v) is 12.4. The third-order valence-corrected chi connectivity index (χ3v) is 7.36. The lowest BCUT2D eigenvalue weighted by Gasteiger charge is -2.18. The number of aryl methyl sites for hydroxylation is 2. The molecule has 0 unspecified atom stereocenters. The van der Waals surface area contributed by atoms with Crippen LogP contribution in [-0.4, -0.2) is 31.4 Å². The minimum absolute atomic E-state index is 0.0216. The molecule has 0 bridgehead atoms. The zero-order chi connectivity index (χ0) is 22.0. The van der Waals surface area contributed by atoms with E-state index >= 15 is 0 Å². The number of anilines is 1. The monoisotopic (exact) mass is 461 g/mol. The summed E-state index contributed by atoms with van der Waals surface area (Å²) in [6.07, 6.45) is 3.97. The van der Waals surface area contributed by atoms with E-state index in [-0.39, 0.29) is 15.8 Å². The lowest BCUT2D eigenvalue weighted by Crippen LogP contribution is -2.18. The highest BCUT2D eigenvalue weighted by molar-refractivity contribution is 7.93. The third kappa shape index (κ3) is 5.06. The van der Waals surface area contributed by atoms with Gasteiger partial charge < -0.3 is 4.74 Å². The topological polar surface area (TPSA) is 71.5 Å². The van der Waals surface area contributed by atoms with Gasteiger partial charge in [0, 0.05) is 18.1 Å². The summed E-state index contributed by atoms with van der Waals surface area (Å²) in [4.78, 5) is 6.12. The maximum atomic E-state index is 14.7. The van der Waals surface area contributed by atoms with E-state index < -0.39 is 15.8 Å². The average Bonchev–Trinajstić information content (AvgIpc) is 3.39. The number of nitrogens with zero attached hydrogens (tertiary/aromatic N) is 2. The molecule has 1 aliphatic rings. The van der Waals surface area contributed by atoms with Crippen LogP contribution in [0.3, 0.4) is 0 Å². The fourth-order valence-electron chi connectivity index (χ4n) is 3.78. The molecule has 31 heavy (non-hydrogen) atoms. The van der Waals surface area contributed by atoms with Crippen molar-refractivity contribution in [2.45, 2.75) is 38.1 Å². The predicted molar refractivity (Wildman–Crippen MR) is 120 cm³/mol. The Hall–Kier alpha value is -2.49. The number of benzene rings is 2. The Balaban J connectivity index is 1.53. The van der Waals surface area contributed by atoms with Crippen molar-refractivity contribution in [2.24, 2.45) is 0 Å². The van der Waals surface area contributed by atoms with Gasteiger partial charge in [0.25, 0.3) is 10.0 Å². The van der Waals surface area contributed by atoms with Crippen LogP contribution in [-0.2, 0) is 16.6 Å². The van der Waals surface area contributed by atoms with E-state index in [2.05, 4.69) is 26.7 Å². The molecule has 2 heterocycles. The fraction of sp³-hybridized carbons (Fsp3) is 0.318. The molecule has 1 saturated heterocycles. The van der Waals surface area contributed by atoms with Gasteiger partial charge >= 0.3 is 0 Å². The van der Waals surface area contributed by atoms with Crippen LogP contribution in [0.25, 0.3) is 0 Å². The molecule has 0 spiro atoms. The molecule has 0 amide bonds. The van der Waals surface area contributed by atoms with Crippen molar-refractivity contribution in [1.29, 1.82) is 0 Å².